The Labute approximate surface area is 198 Å². The molecule has 3 aromatic heterocycles. The van der Waals surface area contributed by atoms with Gasteiger partial charge in [0.2, 0.25) is 16.0 Å². The van der Waals surface area contributed by atoms with Gasteiger partial charge in [0, 0.05) is 54.9 Å². The van der Waals surface area contributed by atoms with Crippen LogP contribution in [0.15, 0.2) is 66.0 Å². The van der Waals surface area contributed by atoms with E-state index in [4.69, 9.17) is 9.72 Å². The highest BCUT2D eigenvalue weighted by atomic mass is 32.2. The Bertz CT molecular complexity index is 1400. The lowest BCUT2D eigenvalue weighted by atomic mass is 10.1. The molecule has 0 amide bonds. The van der Waals surface area contributed by atoms with E-state index >= 15 is 0 Å². The van der Waals surface area contributed by atoms with Gasteiger partial charge in [0.1, 0.15) is 5.65 Å². The average molecular weight is 479 g/mol. The normalized spacial score (nSPS) is 15.0. The van der Waals surface area contributed by atoms with Gasteiger partial charge in [-0.05, 0) is 48.9 Å². The van der Waals surface area contributed by atoms with Gasteiger partial charge in [-0.1, -0.05) is 6.92 Å². The zero-order valence-corrected chi connectivity index (χ0v) is 19.7. The van der Waals surface area contributed by atoms with E-state index < -0.39 is 10.0 Å². The number of hydrogen-bond donors (Lipinski definition) is 1. The van der Waals surface area contributed by atoms with Gasteiger partial charge in [0.25, 0.3) is 0 Å². The fraction of sp³-hybridized carbons (Fsp3) is 0.292. The number of morpholine rings is 1. The summed E-state index contributed by atoms with van der Waals surface area (Å²) in [4.78, 5) is 13.8. The molecule has 0 radical (unpaired) electrons. The lowest BCUT2D eigenvalue weighted by Crippen LogP contribution is -2.40. The van der Waals surface area contributed by atoms with Crippen LogP contribution in [0.5, 0.6) is 0 Å². The second-order valence-electron chi connectivity index (χ2n) is 8.04. The van der Waals surface area contributed by atoms with Crippen molar-refractivity contribution in [3.8, 4) is 11.3 Å². The Morgan fingerprint density at radius 2 is 1.82 bits per heavy atom. The lowest BCUT2D eigenvalue weighted by molar-refractivity contribution is 0.0730. The highest BCUT2D eigenvalue weighted by Gasteiger charge is 2.26. The van der Waals surface area contributed by atoms with E-state index in [1.165, 1.54) is 4.31 Å². The van der Waals surface area contributed by atoms with Crippen LogP contribution in [0.25, 0.3) is 22.3 Å². The fourth-order valence-electron chi connectivity index (χ4n) is 4.08. The van der Waals surface area contributed by atoms with Crippen molar-refractivity contribution in [1.82, 2.24) is 23.8 Å². The Balaban J connectivity index is 1.38. The van der Waals surface area contributed by atoms with E-state index in [0.29, 0.717) is 37.9 Å². The molecular formula is C24H26N6O3S. The molecule has 4 aromatic rings. The predicted octanol–water partition coefficient (Wildman–Crippen LogP) is 3.67. The topological polar surface area (TPSA) is 102 Å². The number of nitrogens with one attached hydrogen (secondary N) is 1. The van der Waals surface area contributed by atoms with Crippen LogP contribution in [0.1, 0.15) is 13.3 Å². The first kappa shape index (κ1) is 22.5. The third kappa shape index (κ3) is 4.39. The summed E-state index contributed by atoms with van der Waals surface area (Å²) < 4.78 is 34.5. The molecule has 1 aromatic carbocycles. The van der Waals surface area contributed by atoms with Gasteiger partial charge >= 0.3 is 0 Å². The molecule has 34 heavy (non-hydrogen) atoms. The monoisotopic (exact) mass is 478 g/mol. The average Bonchev–Trinajstić information content (AvgIpc) is 3.24. The summed E-state index contributed by atoms with van der Waals surface area (Å²) in [6.07, 6.45) is 6.60. The van der Waals surface area contributed by atoms with Crippen molar-refractivity contribution in [1.29, 1.82) is 0 Å². The number of benzene rings is 1. The molecule has 4 heterocycles. The number of hydrogen-bond acceptors (Lipinski definition) is 7. The standard InChI is InChI=1S/C24H26N6O3S/c1-2-12-29-17-21(20-4-3-10-25-23(20)29)22-9-11-26-24(28-22)27-18-5-7-19(8-6-18)34(31,32)30-13-15-33-16-14-30/h3-11,17H,2,12-16H2,1H3,(H,26,27,28). The molecular weight excluding hydrogens is 452 g/mol. The summed E-state index contributed by atoms with van der Waals surface area (Å²) in [6, 6.07) is 12.5. The predicted molar refractivity (Wildman–Crippen MR) is 130 cm³/mol. The molecule has 0 unspecified atom stereocenters. The van der Waals surface area contributed by atoms with Gasteiger partial charge in [-0.3, -0.25) is 0 Å². The summed E-state index contributed by atoms with van der Waals surface area (Å²) in [5.41, 5.74) is 3.42. The Kier molecular flexibility index (Phi) is 6.27. The van der Waals surface area contributed by atoms with Gasteiger partial charge in [-0.2, -0.15) is 4.31 Å². The molecule has 0 aliphatic carbocycles. The number of pyridine rings is 1. The van der Waals surface area contributed by atoms with Crippen LogP contribution in [0.4, 0.5) is 11.6 Å². The largest absolute Gasteiger partial charge is 0.379 e. The van der Waals surface area contributed by atoms with E-state index in [9.17, 15) is 8.42 Å². The second-order valence-corrected chi connectivity index (χ2v) is 9.98. The molecule has 9 nitrogen and oxygen atoms in total. The van der Waals surface area contributed by atoms with E-state index in [-0.39, 0.29) is 4.90 Å². The Morgan fingerprint density at radius 3 is 2.59 bits per heavy atom. The summed E-state index contributed by atoms with van der Waals surface area (Å²) in [5, 5.41) is 4.22. The van der Waals surface area contributed by atoms with Crippen molar-refractivity contribution in [2.75, 3.05) is 31.6 Å². The molecule has 1 fully saturated rings. The van der Waals surface area contributed by atoms with E-state index in [1.54, 1.807) is 36.7 Å². The molecule has 5 rings (SSSR count). The van der Waals surface area contributed by atoms with Crippen LogP contribution in [0.2, 0.25) is 0 Å². The van der Waals surface area contributed by atoms with Crippen LogP contribution in [-0.2, 0) is 21.3 Å². The van der Waals surface area contributed by atoms with Gasteiger partial charge in [-0.25, -0.2) is 23.4 Å². The van der Waals surface area contributed by atoms with E-state index in [1.807, 2.05) is 18.2 Å². The summed E-state index contributed by atoms with van der Waals surface area (Å²) in [5.74, 6) is 0.432. The van der Waals surface area contributed by atoms with Gasteiger partial charge < -0.3 is 14.6 Å². The van der Waals surface area contributed by atoms with Gasteiger partial charge in [0.15, 0.2) is 0 Å². The Morgan fingerprint density at radius 1 is 1.03 bits per heavy atom. The highest BCUT2D eigenvalue weighted by molar-refractivity contribution is 7.89. The van der Waals surface area contributed by atoms with Gasteiger partial charge in [-0.15, -0.1) is 0 Å². The zero-order chi connectivity index (χ0) is 23.5. The number of nitrogens with zero attached hydrogens (tertiary/aromatic N) is 5. The smallest absolute Gasteiger partial charge is 0.243 e. The van der Waals surface area contributed by atoms with E-state index in [0.717, 1.165) is 35.3 Å². The van der Waals surface area contributed by atoms with Crippen molar-refractivity contribution in [2.24, 2.45) is 0 Å². The molecule has 1 saturated heterocycles. The SMILES string of the molecule is CCCn1cc(-c2ccnc(Nc3ccc(S(=O)(=O)N4CCOCC4)cc3)n2)c2cccnc21. The highest BCUT2D eigenvalue weighted by Crippen LogP contribution is 2.29. The van der Waals surface area contributed by atoms with Crippen molar-refractivity contribution < 1.29 is 13.2 Å². The number of anilines is 2. The zero-order valence-electron chi connectivity index (χ0n) is 18.9. The quantitative estimate of drug-likeness (QED) is 0.432. The third-order valence-electron chi connectivity index (χ3n) is 5.75. The second kappa shape index (κ2) is 9.49. The Hall–Kier alpha value is -3.34. The minimum atomic E-state index is -3.53. The fourth-order valence-corrected chi connectivity index (χ4v) is 5.49. The summed E-state index contributed by atoms with van der Waals surface area (Å²) in [6.45, 7) is 4.59. The minimum Gasteiger partial charge on any atom is -0.379 e. The van der Waals surface area contributed by atoms with Crippen LogP contribution >= 0.6 is 0 Å². The number of fused-ring (bicyclic) bond motifs is 1. The first-order valence-electron chi connectivity index (χ1n) is 11.3. The van der Waals surface area contributed by atoms with Crippen molar-refractivity contribution in [3.63, 3.8) is 0 Å². The van der Waals surface area contributed by atoms with Crippen molar-refractivity contribution in [3.05, 3.63) is 61.1 Å². The minimum absolute atomic E-state index is 0.255. The van der Waals surface area contributed by atoms with E-state index in [2.05, 4.69) is 33.0 Å². The van der Waals surface area contributed by atoms with Crippen LogP contribution in [0.3, 0.4) is 0 Å². The van der Waals surface area contributed by atoms with Crippen LogP contribution in [-0.4, -0.2) is 58.5 Å². The molecule has 0 spiro atoms. The van der Waals surface area contributed by atoms with Crippen LogP contribution in [0, 0.1) is 0 Å². The first-order valence-corrected chi connectivity index (χ1v) is 12.7. The number of ether oxygens (including phenoxy) is 1. The third-order valence-corrected chi connectivity index (χ3v) is 7.66. The molecule has 10 heteroatoms. The van der Waals surface area contributed by atoms with Crippen LogP contribution < -0.4 is 5.32 Å². The molecule has 1 aliphatic heterocycles. The van der Waals surface area contributed by atoms with Gasteiger partial charge in [0.05, 0.1) is 23.8 Å². The van der Waals surface area contributed by atoms with Crippen molar-refractivity contribution >= 4 is 32.7 Å². The molecule has 0 saturated carbocycles. The molecule has 0 bridgehead atoms. The number of aryl methyl sites for hydroxylation is 1. The maximum atomic E-state index is 12.8. The van der Waals surface area contributed by atoms with Crippen molar-refractivity contribution in [2.45, 2.75) is 24.8 Å². The number of rotatable bonds is 7. The maximum absolute atomic E-state index is 12.8. The molecule has 176 valence electrons. The number of sulfonamides is 1. The lowest BCUT2D eigenvalue weighted by Gasteiger charge is -2.26. The molecule has 1 N–H and O–H groups in total. The number of aromatic nitrogens is 4. The summed E-state index contributed by atoms with van der Waals surface area (Å²) in [7, 11) is -3.53. The molecule has 0 atom stereocenters. The maximum Gasteiger partial charge on any atom is 0.243 e. The summed E-state index contributed by atoms with van der Waals surface area (Å²) >= 11 is 0. The first-order chi connectivity index (χ1) is 16.6. The molecule has 1 aliphatic rings.